The van der Waals surface area contributed by atoms with Gasteiger partial charge >= 0.3 is 0 Å². The predicted molar refractivity (Wildman–Crippen MR) is 119 cm³/mol. The topological polar surface area (TPSA) is 32.8 Å². The van der Waals surface area contributed by atoms with E-state index in [4.69, 9.17) is 4.74 Å². The molecule has 30 heavy (non-hydrogen) atoms. The smallest absolute Gasteiger partial charge is 0.253 e. The number of nitrogens with zero attached hydrogens (tertiary/aromatic N) is 2. The Bertz CT molecular complexity index is 894. The van der Waals surface area contributed by atoms with Crippen LogP contribution in [0.1, 0.15) is 33.1 Å². The van der Waals surface area contributed by atoms with Gasteiger partial charge in [0.2, 0.25) is 0 Å². The molecule has 1 fully saturated rings. The molecule has 0 aromatic heterocycles. The molecule has 0 bridgehead atoms. The fourth-order valence-corrected chi connectivity index (χ4v) is 4.16. The fraction of sp³-hybridized carbons (Fsp3) is 0.269. The summed E-state index contributed by atoms with van der Waals surface area (Å²) in [5, 5.41) is 0. The maximum Gasteiger partial charge on any atom is 0.253 e. The molecule has 1 amide bonds. The molecular formula is C26H28N2O2. The second-order valence-corrected chi connectivity index (χ2v) is 7.68. The van der Waals surface area contributed by atoms with Crippen LogP contribution in [0.5, 0.6) is 0 Å². The lowest BCUT2D eigenvalue weighted by Crippen LogP contribution is -2.49. The molecular weight excluding hydrogens is 372 g/mol. The van der Waals surface area contributed by atoms with E-state index >= 15 is 0 Å². The van der Waals surface area contributed by atoms with Crippen molar-refractivity contribution in [3.8, 4) is 0 Å². The molecule has 3 aromatic rings. The van der Waals surface area contributed by atoms with E-state index in [0.29, 0.717) is 6.61 Å². The largest absolute Gasteiger partial charge is 0.380 e. The van der Waals surface area contributed by atoms with Crippen molar-refractivity contribution in [2.75, 3.05) is 33.3 Å². The maximum absolute atomic E-state index is 13.0. The Kier molecular flexibility index (Phi) is 6.57. The molecule has 1 heterocycles. The molecule has 1 aliphatic rings. The highest BCUT2D eigenvalue weighted by molar-refractivity contribution is 5.94. The van der Waals surface area contributed by atoms with Crippen LogP contribution in [0.3, 0.4) is 0 Å². The van der Waals surface area contributed by atoms with Gasteiger partial charge in [-0.3, -0.25) is 9.69 Å². The van der Waals surface area contributed by atoms with E-state index in [1.807, 2.05) is 29.2 Å². The van der Waals surface area contributed by atoms with Gasteiger partial charge in [0.15, 0.2) is 0 Å². The van der Waals surface area contributed by atoms with E-state index in [9.17, 15) is 4.79 Å². The third-order valence-electron chi connectivity index (χ3n) is 5.71. The fourth-order valence-electron chi connectivity index (χ4n) is 4.16. The first kappa shape index (κ1) is 20.3. The van der Waals surface area contributed by atoms with E-state index < -0.39 is 0 Å². The Morgan fingerprint density at radius 2 is 1.33 bits per heavy atom. The molecule has 4 rings (SSSR count). The zero-order chi connectivity index (χ0) is 20.8. The summed E-state index contributed by atoms with van der Waals surface area (Å²) in [6, 6.07) is 29.2. The van der Waals surface area contributed by atoms with Gasteiger partial charge in [0.25, 0.3) is 5.91 Å². The first-order valence-corrected chi connectivity index (χ1v) is 10.5. The summed E-state index contributed by atoms with van der Waals surface area (Å²) in [7, 11) is 1.68. The average Bonchev–Trinajstić information content (AvgIpc) is 2.81. The quantitative estimate of drug-likeness (QED) is 0.616. The van der Waals surface area contributed by atoms with Gasteiger partial charge in [-0.15, -0.1) is 0 Å². The minimum atomic E-state index is 0.106. The average molecular weight is 401 g/mol. The van der Waals surface area contributed by atoms with E-state index in [2.05, 4.69) is 65.6 Å². The van der Waals surface area contributed by atoms with Gasteiger partial charge in [0, 0.05) is 38.9 Å². The number of rotatable bonds is 6. The minimum Gasteiger partial charge on any atom is -0.380 e. The van der Waals surface area contributed by atoms with Crippen molar-refractivity contribution in [1.29, 1.82) is 0 Å². The van der Waals surface area contributed by atoms with Crippen molar-refractivity contribution >= 4 is 5.91 Å². The van der Waals surface area contributed by atoms with Gasteiger partial charge in [-0.25, -0.2) is 0 Å². The number of hydrogen-bond donors (Lipinski definition) is 0. The summed E-state index contributed by atoms with van der Waals surface area (Å²) in [4.78, 5) is 17.4. The molecule has 0 radical (unpaired) electrons. The van der Waals surface area contributed by atoms with Crippen molar-refractivity contribution in [2.45, 2.75) is 12.6 Å². The van der Waals surface area contributed by atoms with Crippen LogP contribution in [0, 0.1) is 0 Å². The molecule has 0 aliphatic carbocycles. The summed E-state index contributed by atoms with van der Waals surface area (Å²) in [5.41, 5.74) is 4.40. The summed E-state index contributed by atoms with van der Waals surface area (Å²) in [6.07, 6.45) is 0. The van der Waals surface area contributed by atoms with Crippen LogP contribution in [-0.4, -0.2) is 49.0 Å². The van der Waals surface area contributed by atoms with E-state index in [-0.39, 0.29) is 11.9 Å². The maximum atomic E-state index is 13.0. The molecule has 0 unspecified atom stereocenters. The van der Waals surface area contributed by atoms with Crippen LogP contribution in [0.25, 0.3) is 0 Å². The second kappa shape index (κ2) is 9.70. The lowest BCUT2D eigenvalue weighted by atomic mass is 9.96. The number of carbonyl (C=O) groups excluding carboxylic acids is 1. The Morgan fingerprint density at radius 3 is 1.83 bits per heavy atom. The molecule has 4 heteroatoms. The van der Waals surface area contributed by atoms with Gasteiger partial charge in [-0.05, 0) is 28.8 Å². The lowest BCUT2D eigenvalue weighted by Gasteiger charge is -2.39. The summed E-state index contributed by atoms with van der Waals surface area (Å²) >= 11 is 0. The van der Waals surface area contributed by atoms with Gasteiger partial charge in [0.1, 0.15) is 0 Å². The zero-order valence-corrected chi connectivity index (χ0v) is 17.4. The SMILES string of the molecule is COCc1ccc(C(=O)N2CCN(C(c3ccccc3)c3ccccc3)CC2)cc1. The summed E-state index contributed by atoms with van der Waals surface area (Å²) < 4.78 is 5.15. The molecule has 0 N–H and O–H groups in total. The van der Waals surface area contributed by atoms with Gasteiger partial charge in [0.05, 0.1) is 12.6 Å². The highest BCUT2D eigenvalue weighted by Crippen LogP contribution is 2.29. The van der Waals surface area contributed by atoms with Crippen LogP contribution in [0.15, 0.2) is 84.9 Å². The zero-order valence-electron chi connectivity index (χ0n) is 17.4. The first-order chi connectivity index (χ1) is 14.8. The van der Waals surface area contributed by atoms with Crippen molar-refractivity contribution in [3.05, 3.63) is 107 Å². The molecule has 1 saturated heterocycles. The Morgan fingerprint density at radius 1 is 0.800 bits per heavy atom. The molecule has 3 aromatic carbocycles. The molecule has 1 aliphatic heterocycles. The van der Waals surface area contributed by atoms with E-state index in [0.717, 1.165) is 37.3 Å². The number of methoxy groups -OCH3 is 1. The lowest BCUT2D eigenvalue weighted by molar-refractivity contribution is 0.0597. The number of hydrogen-bond acceptors (Lipinski definition) is 3. The third kappa shape index (κ3) is 4.61. The van der Waals surface area contributed by atoms with Crippen molar-refractivity contribution in [3.63, 3.8) is 0 Å². The van der Waals surface area contributed by atoms with Crippen molar-refractivity contribution in [2.24, 2.45) is 0 Å². The van der Waals surface area contributed by atoms with Gasteiger partial charge in [-0.1, -0.05) is 72.8 Å². The Balaban J connectivity index is 1.46. The van der Waals surface area contributed by atoms with E-state index in [1.54, 1.807) is 7.11 Å². The predicted octanol–water partition coefficient (Wildman–Crippen LogP) is 4.38. The van der Waals surface area contributed by atoms with Crippen LogP contribution in [0.2, 0.25) is 0 Å². The number of benzene rings is 3. The molecule has 0 spiro atoms. The van der Waals surface area contributed by atoms with Crippen LogP contribution >= 0.6 is 0 Å². The van der Waals surface area contributed by atoms with Crippen molar-refractivity contribution < 1.29 is 9.53 Å². The number of carbonyl (C=O) groups is 1. The van der Waals surface area contributed by atoms with Crippen LogP contribution < -0.4 is 0 Å². The highest BCUT2D eigenvalue weighted by Gasteiger charge is 2.28. The number of amides is 1. The second-order valence-electron chi connectivity index (χ2n) is 7.68. The first-order valence-electron chi connectivity index (χ1n) is 10.5. The number of ether oxygens (including phenoxy) is 1. The third-order valence-corrected chi connectivity index (χ3v) is 5.71. The Hall–Kier alpha value is -2.95. The van der Waals surface area contributed by atoms with E-state index in [1.165, 1.54) is 11.1 Å². The molecule has 4 nitrogen and oxygen atoms in total. The summed E-state index contributed by atoms with van der Waals surface area (Å²) in [5.74, 6) is 0.106. The molecule has 0 atom stereocenters. The van der Waals surface area contributed by atoms with Gasteiger partial charge < -0.3 is 9.64 Å². The van der Waals surface area contributed by atoms with Crippen LogP contribution in [0.4, 0.5) is 0 Å². The molecule has 154 valence electrons. The normalized spacial score (nSPS) is 14.8. The van der Waals surface area contributed by atoms with Gasteiger partial charge in [-0.2, -0.15) is 0 Å². The van der Waals surface area contributed by atoms with Crippen molar-refractivity contribution in [1.82, 2.24) is 9.80 Å². The summed E-state index contributed by atoms with van der Waals surface area (Å²) in [6.45, 7) is 3.72. The number of piperazine rings is 1. The monoisotopic (exact) mass is 400 g/mol. The molecule has 0 saturated carbocycles. The standard InChI is InChI=1S/C26H28N2O2/c1-30-20-21-12-14-24(15-13-21)26(29)28-18-16-27(17-19-28)25(22-8-4-2-5-9-22)23-10-6-3-7-11-23/h2-15,25H,16-20H2,1H3. The highest BCUT2D eigenvalue weighted by atomic mass is 16.5. The minimum absolute atomic E-state index is 0.106. The van der Waals surface area contributed by atoms with Crippen LogP contribution in [-0.2, 0) is 11.3 Å². The Labute approximate surface area is 178 Å².